The normalized spacial score (nSPS) is 14.4. The van der Waals surface area contributed by atoms with E-state index in [-0.39, 0.29) is 0 Å². The van der Waals surface area contributed by atoms with Crippen molar-refractivity contribution in [3.63, 3.8) is 0 Å². The van der Waals surface area contributed by atoms with E-state index >= 15 is 0 Å². The molecule has 68 valence electrons. The summed E-state index contributed by atoms with van der Waals surface area (Å²) in [6.45, 7) is 3.55. The van der Waals surface area contributed by atoms with Crippen molar-refractivity contribution in [1.29, 1.82) is 0 Å². The summed E-state index contributed by atoms with van der Waals surface area (Å²) in [7, 11) is 0. The Bertz CT molecular complexity index is 320. The first kappa shape index (κ1) is 8.32. The van der Waals surface area contributed by atoms with Gasteiger partial charge in [0.15, 0.2) is 0 Å². The first-order valence-corrected chi connectivity index (χ1v) is 4.58. The van der Waals surface area contributed by atoms with Gasteiger partial charge in [-0.3, -0.25) is 4.84 Å². The number of benzene rings is 1. The summed E-state index contributed by atoms with van der Waals surface area (Å²) in [5, 5.41) is 1.93. The van der Waals surface area contributed by atoms with Gasteiger partial charge >= 0.3 is 0 Å². The second kappa shape index (κ2) is 3.62. The van der Waals surface area contributed by atoms with Crippen molar-refractivity contribution < 1.29 is 4.84 Å². The number of rotatable bonds is 2. The standard InChI is InChI=1S/C11H13NO/c1-2-13-12-9-5-7-10-6-3-4-8-11(10)12/h3-8H,2,9H2,1H3. The van der Waals surface area contributed by atoms with Crippen LogP contribution in [0.1, 0.15) is 12.5 Å². The van der Waals surface area contributed by atoms with Gasteiger partial charge in [0.1, 0.15) is 0 Å². The zero-order valence-electron chi connectivity index (χ0n) is 7.73. The van der Waals surface area contributed by atoms with E-state index in [9.17, 15) is 0 Å². The molecule has 0 saturated heterocycles. The average Bonchev–Trinajstić information content (AvgIpc) is 2.19. The number of nitrogens with zero attached hydrogens (tertiary/aromatic N) is 1. The molecule has 1 aliphatic heterocycles. The molecule has 0 amide bonds. The van der Waals surface area contributed by atoms with E-state index in [0.29, 0.717) is 6.61 Å². The molecule has 1 aromatic rings. The fourth-order valence-electron chi connectivity index (χ4n) is 1.51. The Balaban J connectivity index is 2.32. The van der Waals surface area contributed by atoms with Crippen LogP contribution in [0, 0.1) is 0 Å². The minimum absolute atomic E-state index is 0.710. The molecule has 0 bridgehead atoms. The van der Waals surface area contributed by atoms with Gasteiger partial charge in [-0.25, -0.2) is 5.06 Å². The quantitative estimate of drug-likeness (QED) is 0.684. The molecule has 2 rings (SSSR count). The number of hydrogen-bond donors (Lipinski definition) is 0. The summed E-state index contributed by atoms with van der Waals surface area (Å²) in [4.78, 5) is 5.49. The molecule has 0 fully saturated rings. The molecule has 0 radical (unpaired) electrons. The van der Waals surface area contributed by atoms with Gasteiger partial charge in [-0.15, -0.1) is 0 Å². The van der Waals surface area contributed by atoms with Gasteiger partial charge in [0.05, 0.1) is 18.8 Å². The Morgan fingerprint density at radius 1 is 1.38 bits per heavy atom. The van der Waals surface area contributed by atoms with Crippen molar-refractivity contribution in [3.8, 4) is 0 Å². The molecule has 0 saturated carbocycles. The number of hydrogen-bond acceptors (Lipinski definition) is 2. The minimum Gasteiger partial charge on any atom is -0.273 e. The van der Waals surface area contributed by atoms with E-state index in [1.54, 1.807) is 0 Å². The molecule has 13 heavy (non-hydrogen) atoms. The van der Waals surface area contributed by atoms with E-state index in [1.807, 2.05) is 24.1 Å². The monoisotopic (exact) mass is 175 g/mol. The fourth-order valence-corrected chi connectivity index (χ4v) is 1.51. The third-order valence-electron chi connectivity index (χ3n) is 2.06. The van der Waals surface area contributed by atoms with Crippen molar-refractivity contribution in [1.82, 2.24) is 0 Å². The minimum atomic E-state index is 0.710. The van der Waals surface area contributed by atoms with Crippen molar-refractivity contribution in [2.75, 3.05) is 18.2 Å². The van der Waals surface area contributed by atoms with Crippen LogP contribution in [0.3, 0.4) is 0 Å². The Hall–Kier alpha value is -1.28. The van der Waals surface area contributed by atoms with Gasteiger partial charge in [-0.2, -0.15) is 0 Å². The van der Waals surface area contributed by atoms with Gasteiger partial charge in [0.25, 0.3) is 0 Å². The zero-order valence-corrected chi connectivity index (χ0v) is 7.73. The first-order valence-electron chi connectivity index (χ1n) is 4.58. The second-order valence-corrected chi connectivity index (χ2v) is 2.94. The molecule has 1 aromatic carbocycles. The van der Waals surface area contributed by atoms with Crippen molar-refractivity contribution in [2.24, 2.45) is 0 Å². The largest absolute Gasteiger partial charge is 0.273 e. The Kier molecular flexibility index (Phi) is 2.32. The van der Waals surface area contributed by atoms with Crippen molar-refractivity contribution in [3.05, 3.63) is 35.9 Å². The van der Waals surface area contributed by atoms with Crippen LogP contribution in [0.4, 0.5) is 5.69 Å². The highest BCUT2D eigenvalue weighted by molar-refractivity contribution is 5.69. The molecular formula is C11H13NO. The third kappa shape index (κ3) is 1.58. The smallest absolute Gasteiger partial charge is 0.0720 e. The maximum Gasteiger partial charge on any atom is 0.0720 e. The lowest BCUT2D eigenvalue weighted by atomic mass is 10.1. The highest BCUT2D eigenvalue weighted by Crippen LogP contribution is 2.25. The summed E-state index contributed by atoms with van der Waals surface area (Å²) < 4.78 is 0. The molecule has 0 aromatic heterocycles. The first-order chi connectivity index (χ1) is 6.42. The molecule has 1 heterocycles. The van der Waals surface area contributed by atoms with E-state index in [4.69, 9.17) is 4.84 Å². The van der Waals surface area contributed by atoms with Crippen molar-refractivity contribution >= 4 is 11.8 Å². The topological polar surface area (TPSA) is 12.5 Å². The van der Waals surface area contributed by atoms with Gasteiger partial charge in [-0.1, -0.05) is 30.4 Å². The van der Waals surface area contributed by atoms with Gasteiger partial charge < -0.3 is 0 Å². The molecular weight excluding hydrogens is 162 g/mol. The van der Waals surface area contributed by atoms with Crippen LogP contribution < -0.4 is 5.06 Å². The molecule has 2 heteroatoms. The van der Waals surface area contributed by atoms with Gasteiger partial charge in [0, 0.05) is 0 Å². The summed E-state index contributed by atoms with van der Waals surface area (Å²) in [5.41, 5.74) is 2.38. The molecule has 0 unspecified atom stereocenters. The maximum absolute atomic E-state index is 5.49. The fraction of sp³-hybridized carbons (Fsp3) is 0.273. The van der Waals surface area contributed by atoms with E-state index < -0.39 is 0 Å². The van der Waals surface area contributed by atoms with Crippen LogP contribution in [-0.4, -0.2) is 13.2 Å². The van der Waals surface area contributed by atoms with Crippen LogP contribution in [-0.2, 0) is 4.84 Å². The average molecular weight is 175 g/mol. The SMILES string of the molecule is CCON1CC=Cc2ccccc21. The molecule has 0 aliphatic carbocycles. The van der Waals surface area contributed by atoms with Crippen LogP contribution in [0.15, 0.2) is 30.3 Å². The van der Waals surface area contributed by atoms with Crippen molar-refractivity contribution in [2.45, 2.75) is 6.92 Å². The highest BCUT2D eigenvalue weighted by Gasteiger charge is 2.11. The summed E-state index contributed by atoms with van der Waals surface area (Å²) in [6.07, 6.45) is 4.24. The second-order valence-electron chi connectivity index (χ2n) is 2.94. The molecule has 1 aliphatic rings. The molecule has 0 spiro atoms. The molecule has 0 N–H and O–H groups in total. The number of anilines is 1. The molecule has 0 atom stereocenters. The Labute approximate surface area is 78.4 Å². The van der Waals surface area contributed by atoms with Crippen LogP contribution in [0.25, 0.3) is 6.08 Å². The Morgan fingerprint density at radius 2 is 2.23 bits per heavy atom. The number of fused-ring (bicyclic) bond motifs is 1. The van der Waals surface area contributed by atoms with E-state index in [0.717, 1.165) is 12.2 Å². The molecule has 2 nitrogen and oxygen atoms in total. The zero-order chi connectivity index (χ0) is 9.10. The van der Waals surface area contributed by atoms with Gasteiger partial charge in [0.2, 0.25) is 0 Å². The van der Waals surface area contributed by atoms with Crippen LogP contribution in [0.5, 0.6) is 0 Å². The summed E-state index contributed by atoms with van der Waals surface area (Å²) >= 11 is 0. The van der Waals surface area contributed by atoms with Crippen LogP contribution >= 0.6 is 0 Å². The number of hydroxylamine groups is 1. The van der Waals surface area contributed by atoms with E-state index in [1.165, 1.54) is 5.56 Å². The highest BCUT2D eigenvalue weighted by atomic mass is 16.7. The number of para-hydroxylation sites is 1. The van der Waals surface area contributed by atoms with Gasteiger partial charge in [-0.05, 0) is 18.6 Å². The maximum atomic E-state index is 5.49. The lowest BCUT2D eigenvalue weighted by Crippen LogP contribution is -2.26. The lowest BCUT2D eigenvalue weighted by Gasteiger charge is -2.26. The lowest BCUT2D eigenvalue weighted by molar-refractivity contribution is 0.126. The van der Waals surface area contributed by atoms with E-state index in [2.05, 4.69) is 24.3 Å². The predicted molar refractivity (Wildman–Crippen MR) is 54.4 cm³/mol. The summed E-state index contributed by atoms with van der Waals surface area (Å²) in [6, 6.07) is 8.24. The van der Waals surface area contributed by atoms with Crippen LogP contribution in [0.2, 0.25) is 0 Å². The predicted octanol–water partition coefficient (Wildman–Crippen LogP) is 2.47. The Morgan fingerprint density at radius 3 is 3.08 bits per heavy atom. The third-order valence-corrected chi connectivity index (χ3v) is 2.06. The summed E-state index contributed by atoms with van der Waals surface area (Å²) in [5.74, 6) is 0.